The first kappa shape index (κ1) is 14.0. The van der Waals surface area contributed by atoms with E-state index >= 15 is 0 Å². The van der Waals surface area contributed by atoms with Gasteiger partial charge in [-0.05, 0) is 46.2 Å². The SMILES string of the molecule is CCCCCN1CC(C)(CC)NCCC1C. The third-order valence-corrected chi connectivity index (χ3v) is 4.12. The van der Waals surface area contributed by atoms with E-state index in [9.17, 15) is 0 Å². The van der Waals surface area contributed by atoms with Gasteiger partial charge in [0.25, 0.3) is 0 Å². The third-order valence-electron chi connectivity index (χ3n) is 4.12. The van der Waals surface area contributed by atoms with Gasteiger partial charge in [-0.1, -0.05) is 26.7 Å². The van der Waals surface area contributed by atoms with Crippen LogP contribution in [0.2, 0.25) is 0 Å². The maximum Gasteiger partial charge on any atom is 0.0277 e. The summed E-state index contributed by atoms with van der Waals surface area (Å²) in [5.74, 6) is 0. The molecule has 2 atom stereocenters. The van der Waals surface area contributed by atoms with Crippen molar-refractivity contribution in [3.8, 4) is 0 Å². The second-order valence-corrected chi connectivity index (χ2v) is 5.66. The van der Waals surface area contributed by atoms with E-state index in [4.69, 9.17) is 0 Å². The van der Waals surface area contributed by atoms with Crippen LogP contribution < -0.4 is 5.32 Å². The number of rotatable bonds is 5. The molecule has 1 rings (SSSR count). The molecule has 0 saturated carbocycles. The first-order valence-corrected chi connectivity index (χ1v) is 7.10. The smallest absolute Gasteiger partial charge is 0.0277 e. The number of nitrogens with zero attached hydrogens (tertiary/aromatic N) is 1. The van der Waals surface area contributed by atoms with Crippen molar-refractivity contribution in [1.29, 1.82) is 0 Å². The van der Waals surface area contributed by atoms with Crippen molar-refractivity contribution in [3.05, 3.63) is 0 Å². The monoisotopic (exact) mass is 226 g/mol. The summed E-state index contributed by atoms with van der Waals surface area (Å²) in [6, 6.07) is 0.748. The molecular formula is C14H30N2. The van der Waals surface area contributed by atoms with Crippen molar-refractivity contribution in [3.63, 3.8) is 0 Å². The van der Waals surface area contributed by atoms with Crippen LogP contribution in [-0.4, -0.2) is 36.1 Å². The lowest BCUT2D eigenvalue weighted by molar-refractivity contribution is 0.168. The molecule has 2 unspecified atom stereocenters. The molecule has 96 valence electrons. The fourth-order valence-corrected chi connectivity index (χ4v) is 2.53. The normalized spacial score (nSPS) is 32.6. The van der Waals surface area contributed by atoms with E-state index in [1.165, 1.54) is 51.7 Å². The lowest BCUT2D eigenvalue weighted by Gasteiger charge is -2.35. The first-order chi connectivity index (χ1) is 7.61. The van der Waals surface area contributed by atoms with Crippen molar-refractivity contribution >= 4 is 0 Å². The number of unbranched alkanes of at least 4 members (excludes halogenated alkanes) is 2. The zero-order valence-corrected chi connectivity index (χ0v) is 11.7. The van der Waals surface area contributed by atoms with Crippen molar-refractivity contribution < 1.29 is 0 Å². The number of hydrogen-bond donors (Lipinski definition) is 1. The van der Waals surface area contributed by atoms with E-state index in [1.54, 1.807) is 0 Å². The quantitative estimate of drug-likeness (QED) is 0.725. The Labute approximate surface area is 102 Å². The van der Waals surface area contributed by atoms with Gasteiger partial charge in [0.2, 0.25) is 0 Å². The topological polar surface area (TPSA) is 15.3 Å². The fourth-order valence-electron chi connectivity index (χ4n) is 2.53. The highest BCUT2D eigenvalue weighted by atomic mass is 15.2. The standard InChI is InChI=1S/C14H30N2/c1-5-7-8-11-16-12-14(4,6-2)15-10-9-13(16)3/h13,15H,5-12H2,1-4H3. The number of nitrogens with one attached hydrogen (secondary N) is 1. The summed E-state index contributed by atoms with van der Waals surface area (Å²) in [5.41, 5.74) is 0.330. The summed E-state index contributed by atoms with van der Waals surface area (Å²) in [7, 11) is 0. The highest BCUT2D eigenvalue weighted by molar-refractivity contribution is 4.90. The summed E-state index contributed by atoms with van der Waals surface area (Å²) < 4.78 is 0. The van der Waals surface area contributed by atoms with Gasteiger partial charge in [-0.3, -0.25) is 4.90 Å². The second kappa shape index (κ2) is 6.61. The first-order valence-electron chi connectivity index (χ1n) is 7.10. The van der Waals surface area contributed by atoms with Crippen LogP contribution in [0.15, 0.2) is 0 Å². The molecule has 0 bridgehead atoms. The van der Waals surface area contributed by atoms with Gasteiger partial charge in [0.05, 0.1) is 0 Å². The van der Waals surface area contributed by atoms with Crippen LogP contribution in [0.5, 0.6) is 0 Å². The van der Waals surface area contributed by atoms with Gasteiger partial charge < -0.3 is 5.32 Å². The minimum Gasteiger partial charge on any atom is -0.310 e. The van der Waals surface area contributed by atoms with Crippen LogP contribution >= 0.6 is 0 Å². The van der Waals surface area contributed by atoms with Gasteiger partial charge in [-0.2, -0.15) is 0 Å². The molecule has 1 saturated heterocycles. The molecule has 0 spiro atoms. The molecule has 2 nitrogen and oxygen atoms in total. The Morgan fingerprint density at radius 1 is 1.31 bits per heavy atom. The highest BCUT2D eigenvalue weighted by Crippen LogP contribution is 2.19. The van der Waals surface area contributed by atoms with Crippen LogP contribution in [0, 0.1) is 0 Å². The van der Waals surface area contributed by atoms with Crippen LogP contribution in [0.3, 0.4) is 0 Å². The van der Waals surface area contributed by atoms with Crippen LogP contribution in [0.1, 0.15) is 59.8 Å². The Morgan fingerprint density at radius 3 is 2.69 bits per heavy atom. The molecule has 1 aliphatic rings. The molecule has 0 aliphatic carbocycles. The summed E-state index contributed by atoms with van der Waals surface area (Å²) in [6.45, 7) is 13.0. The average Bonchev–Trinajstić information content (AvgIpc) is 2.41. The second-order valence-electron chi connectivity index (χ2n) is 5.66. The van der Waals surface area contributed by atoms with Crippen molar-refractivity contribution in [2.24, 2.45) is 0 Å². The van der Waals surface area contributed by atoms with E-state index < -0.39 is 0 Å². The van der Waals surface area contributed by atoms with Gasteiger partial charge in [0.15, 0.2) is 0 Å². The summed E-state index contributed by atoms with van der Waals surface area (Å²) in [5, 5.41) is 3.72. The Bertz CT molecular complexity index is 193. The molecule has 2 heteroatoms. The predicted octanol–water partition coefficient (Wildman–Crippen LogP) is 3.03. The Morgan fingerprint density at radius 2 is 2.06 bits per heavy atom. The molecule has 1 N–H and O–H groups in total. The minimum atomic E-state index is 0.330. The molecule has 1 aliphatic heterocycles. The largest absolute Gasteiger partial charge is 0.310 e. The van der Waals surface area contributed by atoms with Gasteiger partial charge in [0, 0.05) is 18.1 Å². The lowest BCUT2D eigenvalue weighted by Crippen LogP contribution is -2.49. The molecule has 0 radical (unpaired) electrons. The minimum absolute atomic E-state index is 0.330. The highest BCUT2D eigenvalue weighted by Gasteiger charge is 2.29. The zero-order chi connectivity index (χ0) is 12.0. The van der Waals surface area contributed by atoms with Crippen LogP contribution in [-0.2, 0) is 0 Å². The Hall–Kier alpha value is -0.0800. The summed E-state index contributed by atoms with van der Waals surface area (Å²) >= 11 is 0. The van der Waals surface area contributed by atoms with Crippen LogP contribution in [0.4, 0.5) is 0 Å². The maximum absolute atomic E-state index is 3.72. The maximum atomic E-state index is 3.72. The van der Waals surface area contributed by atoms with Crippen molar-refractivity contribution in [2.45, 2.75) is 71.4 Å². The molecule has 0 aromatic carbocycles. The zero-order valence-electron chi connectivity index (χ0n) is 11.7. The summed E-state index contributed by atoms with van der Waals surface area (Å²) in [4.78, 5) is 2.69. The van der Waals surface area contributed by atoms with E-state index in [2.05, 4.69) is 37.9 Å². The van der Waals surface area contributed by atoms with Crippen LogP contribution in [0.25, 0.3) is 0 Å². The van der Waals surface area contributed by atoms with Crippen molar-refractivity contribution in [1.82, 2.24) is 10.2 Å². The lowest BCUT2D eigenvalue weighted by atomic mass is 9.98. The molecule has 0 amide bonds. The molecule has 0 aromatic rings. The molecule has 0 aromatic heterocycles. The molecular weight excluding hydrogens is 196 g/mol. The van der Waals surface area contributed by atoms with Gasteiger partial charge in [-0.15, -0.1) is 0 Å². The Balaban J connectivity index is 2.49. The van der Waals surface area contributed by atoms with Crippen molar-refractivity contribution in [2.75, 3.05) is 19.6 Å². The Kier molecular flexibility index (Phi) is 5.77. The molecule has 1 heterocycles. The molecule has 16 heavy (non-hydrogen) atoms. The number of hydrogen-bond acceptors (Lipinski definition) is 2. The summed E-state index contributed by atoms with van der Waals surface area (Å²) in [6.07, 6.45) is 6.58. The fraction of sp³-hybridized carbons (Fsp3) is 1.00. The van der Waals surface area contributed by atoms with Gasteiger partial charge in [-0.25, -0.2) is 0 Å². The third kappa shape index (κ3) is 4.06. The van der Waals surface area contributed by atoms with Gasteiger partial charge in [0.1, 0.15) is 0 Å². The van der Waals surface area contributed by atoms with E-state index in [0.29, 0.717) is 5.54 Å². The van der Waals surface area contributed by atoms with E-state index in [-0.39, 0.29) is 0 Å². The van der Waals surface area contributed by atoms with E-state index in [0.717, 1.165) is 6.04 Å². The molecule has 1 fully saturated rings. The van der Waals surface area contributed by atoms with Gasteiger partial charge >= 0.3 is 0 Å². The predicted molar refractivity (Wildman–Crippen MR) is 71.9 cm³/mol. The van der Waals surface area contributed by atoms with E-state index in [1.807, 2.05) is 0 Å². The average molecular weight is 226 g/mol.